The number of carbonyl (C=O) groups excluding carboxylic acids is 1. The fraction of sp³-hybridized carbons (Fsp3) is 0.440. The highest BCUT2D eigenvalue weighted by Crippen LogP contribution is 2.38. The van der Waals surface area contributed by atoms with Crippen molar-refractivity contribution in [3.8, 4) is 5.75 Å². The lowest BCUT2D eigenvalue weighted by Gasteiger charge is -2.26. The van der Waals surface area contributed by atoms with Crippen molar-refractivity contribution in [2.24, 2.45) is 5.92 Å². The van der Waals surface area contributed by atoms with Crippen molar-refractivity contribution in [3.63, 3.8) is 0 Å². The third-order valence-corrected chi connectivity index (χ3v) is 6.74. The predicted octanol–water partition coefficient (Wildman–Crippen LogP) is 4.80. The van der Waals surface area contributed by atoms with Crippen LogP contribution in [0.25, 0.3) is 0 Å². The summed E-state index contributed by atoms with van der Waals surface area (Å²) >= 11 is 1.66. The Hall–Kier alpha value is -2.31. The summed E-state index contributed by atoms with van der Waals surface area (Å²) in [4.78, 5) is 28.2. The molecule has 1 fully saturated rings. The molecule has 5 nitrogen and oxygen atoms in total. The number of aryl methyl sites for hydroxylation is 2. The first-order valence-corrected chi connectivity index (χ1v) is 11.7. The molecule has 1 heterocycles. The van der Waals surface area contributed by atoms with Gasteiger partial charge in [-0.2, -0.15) is 0 Å². The topological polar surface area (TPSA) is 66.8 Å². The Morgan fingerprint density at radius 3 is 2.19 bits per heavy atom. The van der Waals surface area contributed by atoms with Gasteiger partial charge < -0.3 is 14.7 Å². The maximum atomic E-state index is 13.4. The number of carboxylic acid groups (broad SMARTS) is 1. The van der Waals surface area contributed by atoms with Crippen molar-refractivity contribution in [2.45, 2.75) is 44.1 Å². The van der Waals surface area contributed by atoms with E-state index in [4.69, 9.17) is 4.74 Å². The zero-order valence-corrected chi connectivity index (χ0v) is 19.9. The summed E-state index contributed by atoms with van der Waals surface area (Å²) in [6.07, 6.45) is 2.02. The third-order valence-electron chi connectivity index (χ3n) is 6.00. The van der Waals surface area contributed by atoms with Crippen LogP contribution < -0.4 is 4.74 Å². The summed E-state index contributed by atoms with van der Waals surface area (Å²) in [6.45, 7) is 8.48. The molecule has 0 aliphatic carbocycles. The molecule has 1 N–H and O–H groups in total. The Balaban J connectivity index is 1.91. The zero-order chi connectivity index (χ0) is 22.9. The van der Waals surface area contributed by atoms with Crippen molar-refractivity contribution >= 4 is 23.5 Å². The summed E-state index contributed by atoms with van der Waals surface area (Å²) in [7, 11) is 2.05. The molecule has 1 aliphatic rings. The van der Waals surface area contributed by atoms with Gasteiger partial charge in [-0.25, -0.2) is 4.79 Å². The van der Waals surface area contributed by atoms with Crippen molar-refractivity contribution in [1.29, 1.82) is 0 Å². The van der Waals surface area contributed by atoms with Gasteiger partial charge in [0.15, 0.2) is 11.4 Å². The largest absolute Gasteiger partial charge is 0.478 e. The monoisotopic (exact) mass is 441 g/mol. The van der Waals surface area contributed by atoms with Gasteiger partial charge in [-0.15, -0.1) is 11.8 Å². The highest BCUT2D eigenvalue weighted by atomic mass is 32.2. The number of carbonyl (C=O) groups is 2. The Kier molecular flexibility index (Phi) is 6.82. The van der Waals surface area contributed by atoms with Gasteiger partial charge in [-0.3, -0.25) is 4.79 Å². The van der Waals surface area contributed by atoms with Crippen LogP contribution in [0.5, 0.6) is 5.75 Å². The van der Waals surface area contributed by atoms with Crippen molar-refractivity contribution in [1.82, 2.24) is 4.90 Å². The molecular weight excluding hydrogens is 410 g/mol. The Bertz CT molecular complexity index is 961. The molecule has 31 heavy (non-hydrogen) atoms. The maximum absolute atomic E-state index is 13.4. The number of thioether (sulfide) groups is 1. The lowest BCUT2D eigenvalue weighted by Crippen LogP contribution is -2.38. The number of Topliss-reactive ketones (excluding diaryl/α,β-unsaturated/α-hetero) is 1. The van der Waals surface area contributed by atoms with E-state index in [1.54, 1.807) is 25.6 Å². The van der Waals surface area contributed by atoms with E-state index in [-0.39, 0.29) is 17.6 Å². The van der Waals surface area contributed by atoms with E-state index in [0.717, 1.165) is 40.2 Å². The fourth-order valence-electron chi connectivity index (χ4n) is 4.23. The van der Waals surface area contributed by atoms with E-state index in [9.17, 15) is 14.7 Å². The minimum atomic E-state index is -1.31. The van der Waals surface area contributed by atoms with Crippen LogP contribution in [0.1, 0.15) is 46.8 Å². The lowest BCUT2D eigenvalue weighted by atomic mass is 9.82. The molecule has 0 spiro atoms. The number of ether oxygens (including phenoxy) is 1. The second-order valence-corrected chi connectivity index (χ2v) is 9.81. The maximum Gasteiger partial charge on any atom is 0.347 e. The number of rotatable bonds is 7. The average Bonchev–Trinajstić information content (AvgIpc) is 3.11. The summed E-state index contributed by atoms with van der Waals surface area (Å²) in [5.74, 6) is -0.281. The number of aliphatic carboxylic acids is 1. The molecular formula is C25H31NO4S. The Labute approximate surface area is 188 Å². The van der Waals surface area contributed by atoms with Crippen LogP contribution in [0, 0.1) is 19.8 Å². The van der Waals surface area contributed by atoms with Gasteiger partial charge in [0.25, 0.3) is 0 Å². The Morgan fingerprint density at radius 2 is 1.68 bits per heavy atom. The van der Waals surface area contributed by atoms with Crippen LogP contribution in [0.4, 0.5) is 0 Å². The van der Waals surface area contributed by atoms with Gasteiger partial charge in [-0.05, 0) is 69.8 Å². The molecule has 1 saturated heterocycles. The molecule has 2 aromatic carbocycles. The molecule has 0 radical (unpaired) electrons. The Morgan fingerprint density at radius 1 is 1.10 bits per heavy atom. The third kappa shape index (κ3) is 4.96. The van der Waals surface area contributed by atoms with Crippen LogP contribution in [0.2, 0.25) is 0 Å². The second kappa shape index (κ2) is 9.05. The highest BCUT2D eigenvalue weighted by Gasteiger charge is 2.38. The summed E-state index contributed by atoms with van der Waals surface area (Å²) in [6, 6.07) is 11.9. The molecule has 6 heteroatoms. The minimum Gasteiger partial charge on any atom is -0.478 e. The first-order valence-electron chi connectivity index (χ1n) is 10.4. The van der Waals surface area contributed by atoms with E-state index < -0.39 is 11.6 Å². The van der Waals surface area contributed by atoms with Crippen LogP contribution in [-0.2, 0) is 4.79 Å². The minimum absolute atomic E-state index is 0.0802. The van der Waals surface area contributed by atoms with Gasteiger partial charge in [-0.1, -0.05) is 24.3 Å². The number of likely N-dealkylation sites (tertiary alicyclic amines) is 1. The first kappa shape index (κ1) is 23.4. The van der Waals surface area contributed by atoms with E-state index in [1.807, 2.05) is 63.5 Å². The SMILES string of the molecule is CSc1ccc(C(=O)[C@@H]2CN(C)C[C@H]2c2cc(C)c(OC(C)(C)C(=O)O)c(C)c2)cc1. The number of hydrogen-bond donors (Lipinski definition) is 1. The van der Waals surface area contributed by atoms with Gasteiger partial charge >= 0.3 is 5.97 Å². The van der Waals surface area contributed by atoms with Crippen LogP contribution in [0.15, 0.2) is 41.3 Å². The number of likely N-dealkylation sites (N-methyl/N-ethyl adjacent to an activating group) is 1. The molecule has 0 aromatic heterocycles. The first-order chi connectivity index (χ1) is 14.5. The number of benzene rings is 2. The van der Waals surface area contributed by atoms with Crippen LogP contribution in [-0.4, -0.2) is 53.8 Å². The molecule has 1 aliphatic heterocycles. The molecule has 2 atom stereocenters. The zero-order valence-electron chi connectivity index (χ0n) is 19.1. The van der Waals surface area contributed by atoms with E-state index in [1.165, 1.54) is 0 Å². The van der Waals surface area contributed by atoms with Crippen molar-refractivity contribution in [3.05, 3.63) is 58.7 Å². The summed E-state index contributed by atoms with van der Waals surface area (Å²) < 4.78 is 5.85. The van der Waals surface area contributed by atoms with E-state index >= 15 is 0 Å². The van der Waals surface area contributed by atoms with Crippen molar-refractivity contribution in [2.75, 3.05) is 26.4 Å². The number of carboxylic acids is 1. The molecule has 0 amide bonds. The van der Waals surface area contributed by atoms with Crippen LogP contribution >= 0.6 is 11.8 Å². The smallest absolute Gasteiger partial charge is 0.347 e. The normalized spacial score (nSPS) is 19.4. The summed E-state index contributed by atoms with van der Waals surface area (Å²) in [5, 5.41) is 9.41. The number of ketones is 1. The van der Waals surface area contributed by atoms with Gasteiger partial charge in [0.1, 0.15) is 5.75 Å². The fourth-order valence-corrected chi connectivity index (χ4v) is 4.64. The lowest BCUT2D eigenvalue weighted by molar-refractivity contribution is -0.152. The molecule has 0 unspecified atom stereocenters. The summed E-state index contributed by atoms with van der Waals surface area (Å²) in [5.41, 5.74) is 2.30. The van der Waals surface area contributed by atoms with Crippen molar-refractivity contribution < 1.29 is 19.4 Å². The average molecular weight is 442 g/mol. The molecule has 2 aromatic rings. The highest BCUT2D eigenvalue weighted by molar-refractivity contribution is 7.98. The quantitative estimate of drug-likeness (QED) is 0.492. The number of hydrogen-bond acceptors (Lipinski definition) is 5. The molecule has 166 valence electrons. The van der Waals surface area contributed by atoms with Crippen LogP contribution in [0.3, 0.4) is 0 Å². The second-order valence-electron chi connectivity index (χ2n) is 8.93. The predicted molar refractivity (Wildman–Crippen MR) is 125 cm³/mol. The molecule has 0 saturated carbocycles. The van der Waals surface area contributed by atoms with Gasteiger partial charge in [0.05, 0.1) is 0 Å². The van der Waals surface area contributed by atoms with Gasteiger partial charge in [0, 0.05) is 35.4 Å². The van der Waals surface area contributed by atoms with E-state index in [2.05, 4.69) is 4.90 Å². The standard InChI is InChI=1S/C25H31NO4S/c1-15-11-18(12-16(2)23(15)30-25(3,4)24(28)29)20-13-26(5)14-21(20)22(27)17-7-9-19(31-6)10-8-17/h7-12,20-21H,13-14H2,1-6H3,(H,28,29)/t20-,21+/m0/s1. The number of nitrogens with zero attached hydrogens (tertiary/aromatic N) is 1. The molecule has 3 rings (SSSR count). The van der Waals surface area contributed by atoms with E-state index in [0.29, 0.717) is 5.75 Å². The van der Waals surface area contributed by atoms with Gasteiger partial charge in [0.2, 0.25) is 0 Å². The molecule has 0 bridgehead atoms.